The first-order valence-corrected chi connectivity index (χ1v) is 3.85. The van der Waals surface area contributed by atoms with E-state index in [1.807, 2.05) is 0 Å². The predicted molar refractivity (Wildman–Crippen MR) is 47.3 cm³/mol. The molecule has 0 radical (unpaired) electrons. The number of carboxylic acid groups (broad SMARTS) is 1. The van der Waals surface area contributed by atoms with Crippen molar-refractivity contribution in [2.24, 2.45) is 16.5 Å². The van der Waals surface area contributed by atoms with Crippen LogP contribution in [0.5, 0.6) is 0 Å². The number of hydrogen-bond acceptors (Lipinski definition) is 4. The summed E-state index contributed by atoms with van der Waals surface area (Å²) in [6.07, 6.45) is 2.63. The van der Waals surface area contributed by atoms with Crippen molar-refractivity contribution in [1.29, 1.82) is 0 Å². The van der Waals surface area contributed by atoms with Gasteiger partial charge in [-0.05, 0) is 13.0 Å². The average molecular weight is 173 g/mol. The lowest BCUT2D eigenvalue weighted by molar-refractivity contribution is -0.138. The summed E-state index contributed by atoms with van der Waals surface area (Å²) in [4.78, 5) is 14.1. The Hall–Kier alpha value is -0.940. The Morgan fingerprint density at radius 3 is 2.83 bits per heavy atom. The van der Waals surface area contributed by atoms with Crippen molar-refractivity contribution in [3.63, 3.8) is 0 Å². The SMILES string of the molecule is NCCCN=CC[C@H](N)C(=O)O. The van der Waals surface area contributed by atoms with Crippen LogP contribution >= 0.6 is 0 Å². The Morgan fingerprint density at radius 2 is 2.33 bits per heavy atom. The summed E-state index contributed by atoms with van der Waals surface area (Å²) in [6, 6.07) is -0.841. The fraction of sp³-hybridized carbons (Fsp3) is 0.714. The first-order valence-electron chi connectivity index (χ1n) is 3.85. The third-order valence-electron chi connectivity index (χ3n) is 1.30. The molecule has 0 amide bonds. The van der Waals surface area contributed by atoms with Gasteiger partial charge in [0.15, 0.2) is 0 Å². The largest absolute Gasteiger partial charge is 0.480 e. The van der Waals surface area contributed by atoms with E-state index in [1.165, 1.54) is 6.21 Å². The van der Waals surface area contributed by atoms with Gasteiger partial charge in [0.1, 0.15) is 6.04 Å². The van der Waals surface area contributed by atoms with Crippen LogP contribution in [-0.2, 0) is 4.79 Å². The quantitative estimate of drug-likeness (QED) is 0.362. The van der Waals surface area contributed by atoms with Gasteiger partial charge in [0.25, 0.3) is 0 Å². The molecule has 0 unspecified atom stereocenters. The van der Waals surface area contributed by atoms with E-state index in [1.54, 1.807) is 0 Å². The van der Waals surface area contributed by atoms with Gasteiger partial charge in [0.05, 0.1) is 0 Å². The highest BCUT2D eigenvalue weighted by atomic mass is 16.4. The van der Waals surface area contributed by atoms with E-state index in [4.69, 9.17) is 16.6 Å². The molecule has 70 valence electrons. The number of carboxylic acids is 1. The van der Waals surface area contributed by atoms with E-state index >= 15 is 0 Å². The monoisotopic (exact) mass is 173 g/mol. The summed E-state index contributed by atoms with van der Waals surface area (Å²) in [5.41, 5.74) is 10.4. The number of nitrogens with two attached hydrogens (primary N) is 2. The van der Waals surface area contributed by atoms with E-state index in [0.29, 0.717) is 13.1 Å². The highest BCUT2D eigenvalue weighted by molar-refractivity contribution is 5.77. The topological polar surface area (TPSA) is 102 Å². The van der Waals surface area contributed by atoms with Crippen LogP contribution < -0.4 is 11.5 Å². The number of carbonyl (C=O) groups is 1. The van der Waals surface area contributed by atoms with Crippen molar-refractivity contribution in [2.45, 2.75) is 18.9 Å². The molecule has 0 heterocycles. The van der Waals surface area contributed by atoms with Crippen LogP contribution in [0.4, 0.5) is 0 Å². The molecule has 0 aliphatic carbocycles. The molecule has 0 fully saturated rings. The van der Waals surface area contributed by atoms with E-state index in [2.05, 4.69) is 4.99 Å². The van der Waals surface area contributed by atoms with Crippen molar-refractivity contribution >= 4 is 12.2 Å². The Morgan fingerprint density at radius 1 is 1.67 bits per heavy atom. The highest BCUT2D eigenvalue weighted by Gasteiger charge is 2.07. The molecule has 0 bridgehead atoms. The zero-order valence-electron chi connectivity index (χ0n) is 6.94. The summed E-state index contributed by atoms with van der Waals surface area (Å²) in [7, 11) is 0. The molecule has 0 aromatic rings. The van der Waals surface area contributed by atoms with E-state index in [9.17, 15) is 4.79 Å². The fourth-order valence-electron chi connectivity index (χ4n) is 0.563. The summed E-state index contributed by atoms with van der Waals surface area (Å²) in [5, 5.41) is 8.38. The second-order valence-corrected chi connectivity index (χ2v) is 2.41. The summed E-state index contributed by atoms with van der Waals surface area (Å²) in [6.45, 7) is 1.24. The van der Waals surface area contributed by atoms with Crippen molar-refractivity contribution in [3.05, 3.63) is 0 Å². The van der Waals surface area contributed by atoms with E-state index < -0.39 is 12.0 Å². The maximum Gasteiger partial charge on any atom is 0.320 e. The smallest absolute Gasteiger partial charge is 0.320 e. The molecule has 1 atom stereocenters. The predicted octanol–water partition coefficient (Wildman–Crippen LogP) is -0.792. The number of nitrogens with zero attached hydrogens (tertiary/aromatic N) is 1. The Balaban J connectivity index is 3.40. The van der Waals surface area contributed by atoms with Crippen LogP contribution in [0, 0.1) is 0 Å². The number of aliphatic imine (C=N–C) groups is 1. The van der Waals surface area contributed by atoms with Crippen LogP contribution in [0.1, 0.15) is 12.8 Å². The molecule has 0 saturated heterocycles. The molecule has 5 N–H and O–H groups in total. The van der Waals surface area contributed by atoms with Crippen LogP contribution in [0.15, 0.2) is 4.99 Å². The second kappa shape index (κ2) is 6.75. The first-order chi connectivity index (χ1) is 5.68. The molecule has 0 rings (SSSR count). The third-order valence-corrected chi connectivity index (χ3v) is 1.30. The van der Waals surface area contributed by atoms with Crippen molar-refractivity contribution in [2.75, 3.05) is 13.1 Å². The zero-order valence-corrected chi connectivity index (χ0v) is 6.94. The van der Waals surface area contributed by atoms with Crippen LogP contribution in [-0.4, -0.2) is 36.4 Å². The standard InChI is InChI=1S/C7H15N3O2/c8-3-1-4-10-5-2-6(9)7(11)12/h5-6H,1-4,8-9H2,(H,11,12)/t6-/m0/s1. The third kappa shape index (κ3) is 5.82. The molecule has 5 heteroatoms. The summed E-state index contributed by atoms with van der Waals surface area (Å²) in [5.74, 6) is -1.000. The minimum atomic E-state index is -1.000. The normalized spacial score (nSPS) is 13.5. The van der Waals surface area contributed by atoms with Crippen molar-refractivity contribution in [3.8, 4) is 0 Å². The maximum atomic E-state index is 10.2. The minimum absolute atomic E-state index is 0.278. The lowest BCUT2D eigenvalue weighted by Gasteiger charge is -1.99. The van der Waals surface area contributed by atoms with Gasteiger partial charge in [-0.25, -0.2) is 0 Å². The van der Waals surface area contributed by atoms with Crippen LogP contribution in [0.3, 0.4) is 0 Å². The molecule has 0 aromatic carbocycles. The molecule has 0 aliphatic heterocycles. The number of rotatable bonds is 6. The zero-order chi connectivity index (χ0) is 9.40. The van der Waals surface area contributed by atoms with Gasteiger partial charge in [0, 0.05) is 19.2 Å². The van der Waals surface area contributed by atoms with Crippen LogP contribution in [0.25, 0.3) is 0 Å². The van der Waals surface area contributed by atoms with E-state index in [0.717, 1.165) is 6.42 Å². The summed E-state index contributed by atoms with van der Waals surface area (Å²) < 4.78 is 0. The molecule has 0 saturated carbocycles. The highest BCUT2D eigenvalue weighted by Crippen LogP contribution is 1.85. The fourth-order valence-corrected chi connectivity index (χ4v) is 0.563. The minimum Gasteiger partial charge on any atom is -0.480 e. The average Bonchev–Trinajstić information content (AvgIpc) is 2.03. The van der Waals surface area contributed by atoms with Crippen molar-refractivity contribution < 1.29 is 9.90 Å². The van der Waals surface area contributed by atoms with Gasteiger partial charge in [-0.1, -0.05) is 0 Å². The maximum absolute atomic E-state index is 10.2. The molecule has 12 heavy (non-hydrogen) atoms. The van der Waals surface area contributed by atoms with E-state index in [-0.39, 0.29) is 6.42 Å². The Labute approximate surface area is 71.5 Å². The molecular formula is C7H15N3O2. The van der Waals surface area contributed by atoms with Crippen LogP contribution in [0.2, 0.25) is 0 Å². The Bertz CT molecular complexity index is 159. The second-order valence-electron chi connectivity index (χ2n) is 2.41. The lowest BCUT2D eigenvalue weighted by atomic mass is 10.2. The van der Waals surface area contributed by atoms with Gasteiger partial charge in [-0.3, -0.25) is 9.79 Å². The van der Waals surface area contributed by atoms with Crippen molar-refractivity contribution in [1.82, 2.24) is 0 Å². The van der Waals surface area contributed by atoms with Gasteiger partial charge in [-0.15, -0.1) is 0 Å². The lowest BCUT2D eigenvalue weighted by Crippen LogP contribution is -2.30. The van der Waals surface area contributed by atoms with Gasteiger partial charge >= 0.3 is 5.97 Å². The van der Waals surface area contributed by atoms with Gasteiger partial charge in [0.2, 0.25) is 0 Å². The Kier molecular flexibility index (Phi) is 6.22. The molecule has 0 aliphatic rings. The first kappa shape index (κ1) is 11.1. The molecule has 5 nitrogen and oxygen atoms in total. The van der Waals surface area contributed by atoms with Gasteiger partial charge in [-0.2, -0.15) is 0 Å². The molecular weight excluding hydrogens is 158 g/mol. The summed E-state index contributed by atoms with van der Waals surface area (Å²) >= 11 is 0. The molecule has 0 spiro atoms. The molecule has 0 aromatic heterocycles. The number of hydrogen-bond donors (Lipinski definition) is 3. The van der Waals surface area contributed by atoms with Gasteiger partial charge < -0.3 is 16.6 Å². The number of aliphatic carboxylic acids is 1.